The number of rotatable bonds is 3. The second-order valence-corrected chi connectivity index (χ2v) is 15.0. The van der Waals surface area contributed by atoms with Crippen molar-refractivity contribution in [3.8, 4) is 0 Å². The van der Waals surface area contributed by atoms with Crippen molar-refractivity contribution in [3.05, 3.63) is 81.3 Å². The van der Waals surface area contributed by atoms with E-state index in [2.05, 4.69) is 130 Å². The van der Waals surface area contributed by atoms with Gasteiger partial charge in [0.1, 0.15) is 0 Å². The zero-order chi connectivity index (χ0) is 20.0. The molecule has 0 N–H and O–H groups in total. The van der Waals surface area contributed by atoms with E-state index in [1.807, 2.05) is 0 Å². The molecular weight excluding hydrogens is 483 g/mol. The van der Waals surface area contributed by atoms with Crippen molar-refractivity contribution < 1.29 is 57.7 Å². The van der Waals surface area contributed by atoms with Gasteiger partial charge >= 0.3 is 179 Å². The summed E-state index contributed by atoms with van der Waals surface area (Å²) in [5.41, 5.74) is 4.54. The molecule has 2 aromatic carbocycles. The van der Waals surface area contributed by atoms with Crippen LogP contribution in [0.4, 0.5) is 0 Å². The summed E-state index contributed by atoms with van der Waals surface area (Å²) in [5, 5.41) is 3.28. The van der Waals surface area contributed by atoms with Crippen molar-refractivity contribution in [1.29, 1.82) is 0 Å². The van der Waals surface area contributed by atoms with Crippen molar-refractivity contribution in [1.82, 2.24) is 0 Å². The summed E-state index contributed by atoms with van der Waals surface area (Å²) in [5.74, 6) is 0. The molecule has 0 fully saturated rings. The summed E-state index contributed by atoms with van der Waals surface area (Å²) in [4.78, 5) is 0. The topological polar surface area (TPSA) is 0 Å². The van der Waals surface area contributed by atoms with Crippen molar-refractivity contribution in [2.45, 2.75) is 58.5 Å². The van der Waals surface area contributed by atoms with E-state index in [4.69, 9.17) is 0 Å². The standard InChI is InChI=1S/C25H31Si.3ClH.Ti/c1-19-18-25(7,21(3)20(19)2)26(24(4,5)6,22-14-10-8-11-15-22)23-16-12-9-13-17-23;;;;/h8-17H,1-7H3;3*1H;/q;;;;+3/p-3. The monoisotopic (exact) mass is 512 g/mol. The fraction of sp³-hybridized carbons (Fsp3) is 0.360. The molecule has 0 aliphatic heterocycles. The Bertz CT molecular complexity index is 849. The molecule has 0 saturated carbocycles. The number of allylic oxidation sites excluding steroid dienone is 4. The zero-order valence-corrected chi connectivity index (χ0v) is 23.7. The minimum absolute atomic E-state index is 0. The molecule has 5 heteroatoms. The molecular formula is C25H31Cl3SiTi. The molecule has 1 aliphatic rings. The second kappa shape index (κ2) is 10.6. The van der Waals surface area contributed by atoms with Gasteiger partial charge in [-0.1, -0.05) is 0 Å². The van der Waals surface area contributed by atoms with Crippen LogP contribution in [-0.4, -0.2) is 8.07 Å². The third kappa shape index (κ3) is 4.07. The minimum Gasteiger partial charge on any atom is -1.00 e. The molecule has 1 aliphatic carbocycles. The van der Waals surface area contributed by atoms with Crippen LogP contribution in [0.3, 0.4) is 0 Å². The molecule has 0 radical (unpaired) electrons. The molecule has 0 saturated heterocycles. The predicted octanol–water partition coefficient (Wildman–Crippen LogP) is -3.01. The summed E-state index contributed by atoms with van der Waals surface area (Å²) in [6.07, 6.45) is 0. The summed E-state index contributed by atoms with van der Waals surface area (Å²) in [6, 6.07) is 22.7. The maximum Gasteiger partial charge on any atom is -1.00 e. The number of benzene rings is 2. The maximum absolute atomic E-state index is 2.54. The fourth-order valence-electron chi connectivity index (χ4n) is 5.61. The Hall–Kier alpha value is -0.279. The molecule has 0 aromatic heterocycles. The van der Waals surface area contributed by atoms with E-state index >= 15 is 0 Å². The molecule has 1 atom stereocenters. The Morgan fingerprint density at radius 3 is 1.33 bits per heavy atom. The van der Waals surface area contributed by atoms with E-state index in [0.717, 1.165) is 0 Å². The Morgan fingerprint density at radius 2 is 1.07 bits per heavy atom. The van der Waals surface area contributed by atoms with Crippen LogP contribution in [0.25, 0.3) is 0 Å². The molecule has 1 unspecified atom stereocenters. The van der Waals surface area contributed by atoms with Crippen LogP contribution in [0.5, 0.6) is 0 Å². The smallest absolute Gasteiger partial charge is 1.00 e. The summed E-state index contributed by atoms with van der Waals surface area (Å²) in [6.45, 7) is 17.0. The van der Waals surface area contributed by atoms with E-state index in [0.29, 0.717) is 0 Å². The SMILES string of the molecule is CC1=C(C)C(C)([Si](c2ccccc2)(c2ccccc2)C(C)(C)C)[C]([Ti+3])=C1C.[Cl-].[Cl-].[Cl-]. The first kappa shape index (κ1) is 29.7. The Morgan fingerprint density at radius 1 is 0.700 bits per heavy atom. The van der Waals surface area contributed by atoms with Crippen LogP contribution < -0.4 is 47.6 Å². The normalized spacial score (nSPS) is 19.1. The van der Waals surface area contributed by atoms with Crippen LogP contribution in [0, 0.1) is 0 Å². The molecule has 0 amide bonds. The number of halogens is 3. The first-order chi connectivity index (χ1) is 12.6. The molecule has 2 aromatic rings. The zero-order valence-electron chi connectivity index (χ0n) is 18.9. The van der Waals surface area contributed by atoms with E-state index in [1.165, 1.54) is 21.5 Å². The number of hydrogen-bond acceptors (Lipinski definition) is 0. The van der Waals surface area contributed by atoms with Crippen LogP contribution >= 0.6 is 0 Å². The van der Waals surface area contributed by atoms with E-state index in [9.17, 15) is 0 Å². The van der Waals surface area contributed by atoms with Gasteiger partial charge in [0, 0.05) is 0 Å². The summed E-state index contributed by atoms with van der Waals surface area (Å²) >= 11 is 2.38. The second-order valence-electron chi connectivity index (χ2n) is 9.11. The van der Waals surface area contributed by atoms with Gasteiger partial charge in [0.2, 0.25) is 0 Å². The number of hydrogen-bond donors (Lipinski definition) is 0. The molecule has 3 rings (SSSR count). The maximum atomic E-state index is 2.54. The van der Waals surface area contributed by atoms with Crippen LogP contribution in [0.15, 0.2) is 81.3 Å². The van der Waals surface area contributed by atoms with Gasteiger partial charge in [-0.25, -0.2) is 0 Å². The van der Waals surface area contributed by atoms with Gasteiger partial charge in [0.05, 0.1) is 0 Å². The first-order valence-electron chi connectivity index (χ1n) is 9.82. The van der Waals surface area contributed by atoms with Gasteiger partial charge in [0.25, 0.3) is 0 Å². The van der Waals surface area contributed by atoms with Crippen LogP contribution in [0.1, 0.15) is 48.5 Å². The summed E-state index contributed by atoms with van der Waals surface area (Å²) < 4.78 is 1.56. The molecule has 30 heavy (non-hydrogen) atoms. The average molecular weight is 514 g/mol. The third-order valence-corrected chi connectivity index (χ3v) is 15.6. The Balaban J connectivity index is 0.00000280. The van der Waals surface area contributed by atoms with Crippen molar-refractivity contribution in [3.63, 3.8) is 0 Å². The molecule has 0 spiro atoms. The Labute approximate surface area is 214 Å². The quantitative estimate of drug-likeness (QED) is 0.384. The van der Waals surface area contributed by atoms with E-state index in [1.54, 1.807) is 9.45 Å². The fourth-order valence-corrected chi connectivity index (χ4v) is 14.5. The molecule has 160 valence electrons. The van der Waals surface area contributed by atoms with Crippen LogP contribution in [0.2, 0.25) is 10.1 Å². The van der Waals surface area contributed by atoms with E-state index < -0.39 is 8.07 Å². The van der Waals surface area contributed by atoms with Crippen LogP contribution in [-0.2, 0) is 20.4 Å². The van der Waals surface area contributed by atoms with Gasteiger partial charge in [-0.05, 0) is 0 Å². The van der Waals surface area contributed by atoms with Gasteiger partial charge in [-0.2, -0.15) is 0 Å². The molecule has 0 bridgehead atoms. The predicted molar refractivity (Wildman–Crippen MR) is 117 cm³/mol. The van der Waals surface area contributed by atoms with Crippen molar-refractivity contribution >= 4 is 18.4 Å². The third-order valence-electron chi connectivity index (χ3n) is 7.04. The van der Waals surface area contributed by atoms with Gasteiger partial charge in [0.15, 0.2) is 0 Å². The molecule has 0 nitrogen and oxygen atoms in total. The van der Waals surface area contributed by atoms with E-state index in [-0.39, 0.29) is 47.3 Å². The summed E-state index contributed by atoms with van der Waals surface area (Å²) in [7, 11) is -2.27. The minimum atomic E-state index is -2.27. The van der Waals surface area contributed by atoms with Crippen molar-refractivity contribution in [2.24, 2.45) is 0 Å². The Kier molecular flexibility index (Phi) is 10.5. The van der Waals surface area contributed by atoms with Gasteiger partial charge < -0.3 is 37.2 Å². The first-order valence-corrected chi connectivity index (χ1v) is 12.6. The van der Waals surface area contributed by atoms with Crippen molar-refractivity contribution in [2.75, 3.05) is 0 Å². The average Bonchev–Trinajstić information content (AvgIpc) is 2.79. The van der Waals surface area contributed by atoms with Gasteiger partial charge in [-0.3, -0.25) is 0 Å². The largest absolute Gasteiger partial charge is 1.00 e. The van der Waals surface area contributed by atoms with Gasteiger partial charge in [-0.15, -0.1) is 0 Å². The molecule has 0 heterocycles.